The highest BCUT2D eigenvalue weighted by atomic mass is 35.5. The largest absolute Gasteiger partial charge is 0.495 e. The maximum atomic E-state index is 13.3. The zero-order chi connectivity index (χ0) is 10.0. The van der Waals surface area contributed by atoms with Crippen LogP contribution in [0.3, 0.4) is 0 Å². The maximum absolute atomic E-state index is 13.3. The predicted octanol–water partition coefficient (Wildman–Crippen LogP) is 2.69. The Morgan fingerprint density at radius 3 is 2.62 bits per heavy atom. The number of hydrogen-bond acceptors (Lipinski definition) is 2. The Balaban J connectivity index is 3.31. The van der Waals surface area contributed by atoms with Crippen LogP contribution in [0.5, 0.6) is 5.75 Å². The molecule has 70 valence electrons. The summed E-state index contributed by atoms with van der Waals surface area (Å²) < 4.78 is 18.0. The van der Waals surface area contributed by atoms with Gasteiger partial charge >= 0.3 is 0 Å². The van der Waals surface area contributed by atoms with Gasteiger partial charge in [0.1, 0.15) is 10.8 Å². The molecule has 0 heterocycles. The van der Waals surface area contributed by atoms with Gasteiger partial charge in [-0.2, -0.15) is 0 Å². The average Bonchev–Trinajstić information content (AvgIpc) is 2.09. The molecule has 1 rings (SSSR count). The molecule has 0 fully saturated rings. The van der Waals surface area contributed by atoms with Crippen LogP contribution in [0.1, 0.15) is 17.3 Å². The van der Waals surface area contributed by atoms with E-state index in [2.05, 4.69) is 0 Å². The minimum absolute atomic E-state index is 0.0224. The van der Waals surface area contributed by atoms with Crippen molar-refractivity contribution in [3.05, 3.63) is 28.5 Å². The van der Waals surface area contributed by atoms with E-state index in [1.165, 1.54) is 26.2 Å². The molecule has 0 saturated heterocycles. The van der Waals surface area contributed by atoms with Crippen molar-refractivity contribution in [1.82, 2.24) is 0 Å². The number of halogens is 2. The zero-order valence-corrected chi connectivity index (χ0v) is 7.98. The molecule has 0 spiro atoms. The lowest BCUT2D eigenvalue weighted by molar-refractivity contribution is 0.101. The standard InChI is InChI=1S/C9H8ClFO2/c1-5(12)6-3-4-7(13-2)8(10)9(6)11/h3-4H,1-2H3. The highest BCUT2D eigenvalue weighted by molar-refractivity contribution is 6.32. The molecule has 0 amide bonds. The number of carbonyl (C=O) groups is 1. The Morgan fingerprint density at radius 2 is 2.15 bits per heavy atom. The summed E-state index contributed by atoms with van der Waals surface area (Å²) in [5.74, 6) is -0.861. The van der Waals surface area contributed by atoms with Crippen LogP contribution < -0.4 is 4.74 Å². The van der Waals surface area contributed by atoms with E-state index in [1.54, 1.807) is 0 Å². The number of carbonyl (C=O) groups excluding carboxylic acids is 1. The molecule has 1 aromatic rings. The number of rotatable bonds is 2. The molecule has 0 radical (unpaired) electrons. The predicted molar refractivity (Wildman–Crippen MR) is 48.0 cm³/mol. The lowest BCUT2D eigenvalue weighted by Crippen LogP contribution is -1.98. The van der Waals surface area contributed by atoms with Crippen LogP contribution in [-0.2, 0) is 0 Å². The Labute approximate surface area is 80.3 Å². The maximum Gasteiger partial charge on any atom is 0.162 e. The van der Waals surface area contributed by atoms with Crippen molar-refractivity contribution in [3.63, 3.8) is 0 Å². The number of methoxy groups -OCH3 is 1. The highest BCUT2D eigenvalue weighted by Gasteiger charge is 2.14. The fourth-order valence-electron chi connectivity index (χ4n) is 0.961. The molecular formula is C9H8ClFO2. The summed E-state index contributed by atoms with van der Waals surface area (Å²) in [6.45, 7) is 1.28. The fourth-order valence-corrected chi connectivity index (χ4v) is 1.20. The summed E-state index contributed by atoms with van der Waals surface area (Å²) in [6, 6.07) is 2.81. The molecule has 0 aliphatic heterocycles. The number of hydrogen-bond donors (Lipinski definition) is 0. The normalized spacial score (nSPS) is 9.85. The quantitative estimate of drug-likeness (QED) is 0.690. The van der Waals surface area contributed by atoms with Crippen LogP contribution in [0.15, 0.2) is 12.1 Å². The minimum Gasteiger partial charge on any atom is -0.495 e. The smallest absolute Gasteiger partial charge is 0.162 e. The second kappa shape index (κ2) is 3.75. The second-order valence-electron chi connectivity index (χ2n) is 2.50. The zero-order valence-electron chi connectivity index (χ0n) is 7.23. The van der Waals surface area contributed by atoms with Gasteiger partial charge in [0, 0.05) is 0 Å². The first-order valence-corrected chi connectivity index (χ1v) is 3.98. The molecule has 0 aliphatic rings. The highest BCUT2D eigenvalue weighted by Crippen LogP contribution is 2.29. The molecule has 0 bridgehead atoms. The first kappa shape index (κ1) is 9.99. The van der Waals surface area contributed by atoms with Gasteiger partial charge in [0.25, 0.3) is 0 Å². The van der Waals surface area contributed by atoms with E-state index in [0.29, 0.717) is 0 Å². The first-order chi connectivity index (χ1) is 6.07. The van der Waals surface area contributed by atoms with Crippen LogP contribution in [-0.4, -0.2) is 12.9 Å². The van der Waals surface area contributed by atoms with Crippen molar-refractivity contribution in [1.29, 1.82) is 0 Å². The Morgan fingerprint density at radius 1 is 1.54 bits per heavy atom. The minimum atomic E-state index is -0.728. The molecule has 4 heteroatoms. The molecule has 0 aliphatic carbocycles. The van der Waals surface area contributed by atoms with E-state index < -0.39 is 5.82 Å². The summed E-state index contributed by atoms with van der Waals surface area (Å²) in [5, 5.41) is -0.157. The third kappa shape index (κ3) is 1.80. The summed E-state index contributed by atoms with van der Waals surface area (Å²) >= 11 is 5.59. The van der Waals surface area contributed by atoms with Gasteiger partial charge < -0.3 is 4.74 Å². The fraction of sp³-hybridized carbons (Fsp3) is 0.222. The molecule has 2 nitrogen and oxygen atoms in total. The van der Waals surface area contributed by atoms with Gasteiger partial charge in [-0.3, -0.25) is 4.79 Å². The Bertz CT molecular complexity index is 350. The van der Waals surface area contributed by atoms with E-state index in [1.807, 2.05) is 0 Å². The van der Waals surface area contributed by atoms with Crippen molar-refractivity contribution in [2.24, 2.45) is 0 Å². The van der Waals surface area contributed by atoms with Gasteiger partial charge in [0.2, 0.25) is 0 Å². The van der Waals surface area contributed by atoms with E-state index in [-0.39, 0.29) is 22.1 Å². The number of ether oxygens (including phenoxy) is 1. The van der Waals surface area contributed by atoms with Crippen molar-refractivity contribution in [3.8, 4) is 5.75 Å². The second-order valence-corrected chi connectivity index (χ2v) is 2.88. The van der Waals surface area contributed by atoms with Gasteiger partial charge in [-0.05, 0) is 19.1 Å². The van der Waals surface area contributed by atoms with Crippen LogP contribution in [0.2, 0.25) is 5.02 Å². The number of ketones is 1. The molecule has 0 aromatic heterocycles. The van der Waals surface area contributed by atoms with Crippen molar-refractivity contribution in [2.45, 2.75) is 6.92 Å². The lowest BCUT2D eigenvalue weighted by atomic mass is 10.1. The summed E-state index contributed by atoms with van der Waals surface area (Å²) in [4.78, 5) is 10.9. The van der Waals surface area contributed by atoms with Gasteiger partial charge in [0.05, 0.1) is 12.7 Å². The number of Topliss-reactive ketones (excluding diaryl/α,β-unsaturated/α-hetero) is 1. The van der Waals surface area contributed by atoms with E-state index in [4.69, 9.17) is 16.3 Å². The van der Waals surface area contributed by atoms with Crippen molar-refractivity contribution >= 4 is 17.4 Å². The van der Waals surface area contributed by atoms with Gasteiger partial charge in [0.15, 0.2) is 11.6 Å². The van der Waals surface area contributed by atoms with Crippen LogP contribution >= 0.6 is 11.6 Å². The van der Waals surface area contributed by atoms with Gasteiger partial charge in [-0.1, -0.05) is 11.6 Å². The van der Waals surface area contributed by atoms with E-state index in [9.17, 15) is 9.18 Å². The molecule has 0 atom stereocenters. The molecular weight excluding hydrogens is 195 g/mol. The van der Waals surface area contributed by atoms with Crippen LogP contribution in [0.25, 0.3) is 0 Å². The lowest BCUT2D eigenvalue weighted by Gasteiger charge is -2.05. The first-order valence-electron chi connectivity index (χ1n) is 3.61. The van der Waals surface area contributed by atoms with Gasteiger partial charge in [-0.25, -0.2) is 4.39 Å². The van der Waals surface area contributed by atoms with E-state index >= 15 is 0 Å². The summed E-state index contributed by atoms with van der Waals surface area (Å²) in [5.41, 5.74) is -0.0224. The van der Waals surface area contributed by atoms with Crippen LogP contribution in [0.4, 0.5) is 4.39 Å². The topological polar surface area (TPSA) is 26.3 Å². The molecule has 0 saturated carbocycles. The Kier molecular flexibility index (Phi) is 2.88. The average molecular weight is 203 g/mol. The summed E-state index contributed by atoms with van der Waals surface area (Å²) in [6.07, 6.45) is 0. The molecule has 0 N–H and O–H groups in total. The van der Waals surface area contributed by atoms with Crippen LogP contribution in [0, 0.1) is 5.82 Å². The third-order valence-electron chi connectivity index (χ3n) is 1.65. The van der Waals surface area contributed by atoms with Crippen molar-refractivity contribution in [2.75, 3.05) is 7.11 Å². The van der Waals surface area contributed by atoms with Gasteiger partial charge in [-0.15, -0.1) is 0 Å². The van der Waals surface area contributed by atoms with E-state index in [0.717, 1.165) is 0 Å². The Hall–Kier alpha value is -1.09. The van der Waals surface area contributed by atoms with Crippen molar-refractivity contribution < 1.29 is 13.9 Å². The molecule has 0 unspecified atom stereocenters. The third-order valence-corrected chi connectivity index (χ3v) is 2.00. The monoisotopic (exact) mass is 202 g/mol. The molecule has 1 aromatic carbocycles. The summed E-state index contributed by atoms with van der Waals surface area (Å²) in [7, 11) is 1.38. The SMILES string of the molecule is COc1ccc(C(C)=O)c(F)c1Cl. The molecule has 13 heavy (non-hydrogen) atoms. The number of benzene rings is 1.